The number of nitrogens with zero attached hydrogens (tertiary/aromatic N) is 2. The fourth-order valence-corrected chi connectivity index (χ4v) is 5.30. The number of hydrogen-bond donors (Lipinski definition) is 2. The number of carbonyl (C=O) groups is 1. The molecule has 0 unspecified atom stereocenters. The summed E-state index contributed by atoms with van der Waals surface area (Å²) >= 11 is 0. The first kappa shape index (κ1) is 20.6. The Bertz CT molecular complexity index is 1210. The third kappa shape index (κ3) is 3.98. The largest absolute Gasteiger partial charge is 0.351 e. The van der Waals surface area contributed by atoms with Crippen LogP contribution in [0.3, 0.4) is 0 Å². The predicted molar refractivity (Wildman–Crippen MR) is 118 cm³/mol. The molecule has 2 N–H and O–H groups in total. The number of nitrogens with one attached hydrogen (secondary N) is 2. The average molecular weight is 427 g/mol. The van der Waals surface area contributed by atoms with Crippen molar-refractivity contribution < 1.29 is 13.2 Å². The van der Waals surface area contributed by atoms with E-state index in [1.165, 1.54) is 10.4 Å². The number of likely N-dealkylation sites (N-methyl/N-ethyl adjacent to an activating group) is 1. The highest BCUT2D eigenvalue weighted by atomic mass is 32.2. The van der Waals surface area contributed by atoms with Gasteiger partial charge in [0.2, 0.25) is 10.0 Å². The first-order valence-corrected chi connectivity index (χ1v) is 11.4. The van der Waals surface area contributed by atoms with Crippen molar-refractivity contribution in [2.45, 2.75) is 18.7 Å². The quantitative estimate of drug-likeness (QED) is 0.672. The van der Waals surface area contributed by atoms with Crippen LogP contribution in [0.25, 0.3) is 10.9 Å². The molecule has 3 aromatic rings. The molecule has 30 heavy (non-hydrogen) atoms. The highest BCUT2D eigenvalue weighted by molar-refractivity contribution is 7.89. The Morgan fingerprint density at radius 1 is 1.03 bits per heavy atom. The second-order valence-electron chi connectivity index (χ2n) is 7.92. The number of anilines is 1. The van der Waals surface area contributed by atoms with E-state index in [2.05, 4.69) is 21.3 Å². The number of carbonyl (C=O) groups excluding carboxylic acids is 1. The fourth-order valence-electron chi connectivity index (χ4n) is 3.83. The number of amides is 1. The molecular weight excluding hydrogens is 400 g/mol. The SMILES string of the molecule is Cc1cc(C)c2cc(C(=O)Nc3cccc(S(=O)(=O)N4CCN(C)CC4)c3)[nH]c2c1. The van der Waals surface area contributed by atoms with E-state index in [1.807, 2.05) is 33.0 Å². The van der Waals surface area contributed by atoms with Crippen molar-refractivity contribution in [3.63, 3.8) is 0 Å². The smallest absolute Gasteiger partial charge is 0.272 e. The van der Waals surface area contributed by atoms with E-state index in [0.717, 1.165) is 22.0 Å². The van der Waals surface area contributed by atoms with Gasteiger partial charge in [0, 0.05) is 42.8 Å². The van der Waals surface area contributed by atoms with Crippen molar-refractivity contribution in [2.75, 3.05) is 38.5 Å². The van der Waals surface area contributed by atoms with Crippen molar-refractivity contribution in [1.29, 1.82) is 0 Å². The van der Waals surface area contributed by atoms with Crippen LogP contribution in [-0.2, 0) is 10.0 Å². The van der Waals surface area contributed by atoms with Gasteiger partial charge in [0.05, 0.1) is 4.90 Å². The molecule has 4 rings (SSSR count). The summed E-state index contributed by atoms with van der Waals surface area (Å²) in [7, 11) is -1.61. The van der Waals surface area contributed by atoms with E-state index in [9.17, 15) is 13.2 Å². The molecule has 1 aliphatic heterocycles. The third-order valence-corrected chi connectivity index (χ3v) is 7.42. The zero-order chi connectivity index (χ0) is 21.5. The highest BCUT2D eigenvalue weighted by Crippen LogP contribution is 2.24. The number of aryl methyl sites for hydroxylation is 2. The van der Waals surface area contributed by atoms with E-state index in [1.54, 1.807) is 18.2 Å². The van der Waals surface area contributed by atoms with E-state index in [4.69, 9.17) is 0 Å². The standard InChI is InChI=1S/C22H26N4O3S/c1-15-11-16(2)19-14-21(24-20(19)12-15)22(27)23-17-5-4-6-18(13-17)30(28,29)26-9-7-25(3)8-10-26/h4-6,11-14,24H,7-10H2,1-3H3,(H,23,27). The van der Waals surface area contributed by atoms with Crippen LogP contribution in [0.5, 0.6) is 0 Å². The molecular formula is C22H26N4O3S. The first-order chi connectivity index (χ1) is 14.2. The van der Waals surface area contributed by atoms with E-state index >= 15 is 0 Å². The number of sulfonamides is 1. The minimum absolute atomic E-state index is 0.188. The first-order valence-electron chi connectivity index (χ1n) is 9.94. The zero-order valence-corrected chi connectivity index (χ0v) is 18.2. The van der Waals surface area contributed by atoms with Crippen molar-refractivity contribution in [2.24, 2.45) is 0 Å². The summed E-state index contributed by atoms with van der Waals surface area (Å²) in [6.07, 6.45) is 0. The summed E-state index contributed by atoms with van der Waals surface area (Å²) in [5.41, 5.74) is 4.01. The molecule has 2 aromatic carbocycles. The fraction of sp³-hybridized carbons (Fsp3) is 0.318. The summed E-state index contributed by atoms with van der Waals surface area (Å²) in [4.78, 5) is 18.2. The van der Waals surface area contributed by atoms with Gasteiger partial charge >= 0.3 is 0 Å². The number of H-pyrrole nitrogens is 1. The second kappa shape index (κ2) is 7.86. The minimum Gasteiger partial charge on any atom is -0.351 e. The average Bonchev–Trinajstić information content (AvgIpc) is 3.13. The van der Waals surface area contributed by atoms with Gasteiger partial charge < -0.3 is 15.2 Å². The molecule has 1 fully saturated rings. The van der Waals surface area contributed by atoms with Gasteiger partial charge in [-0.2, -0.15) is 4.31 Å². The predicted octanol–water partition coefficient (Wildman–Crippen LogP) is 2.97. The number of rotatable bonds is 4. The lowest BCUT2D eigenvalue weighted by atomic mass is 10.1. The van der Waals surface area contributed by atoms with Crippen LogP contribution in [0.15, 0.2) is 47.4 Å². The number of benzene rings is 2. The maximum Gasteiger partial charge on any atom is 0.272 e. The Morgan fingerprint density at radius 2 is 1.77 bits per heavy atom. The molecule has 2 heterocycles. The Balaban J connectivity index is 1.56. The van der Waals surface area contributed by atoms with Gasteiger partial charge in [-0.05, 0) is 62.4 Å². The van der Waals surface area contributed by atoms with Gasteiger partial charge in [-0.3, -0.25) is 4.79 Å². The van der Waals surface area contributed by atoms with Gasteiger partial charge in [-0.15, -0.1) is 0 Å². The molecule has 1 amide bonds. The topological polar surface area (TPSA) is 85.5 Å². The molecule has 1 aromatic heterocycles. The van der Waals surface area contributed by atoms with Gasteiger partial charge in [-0.25, -0.2) is 8.42 Å². The van der Waals surface area contributed by atoms with Crippen molar-refractivity contribution in [3.05, 3.63) is 59.3 Å². The van der Waals surface area contributed by atoms with E-state index in [0.29, 0.717) is 37.6 Å². The maximum atomic E-state index is 13.0. The van der Waals surface area contributed by atoms with Crippen molar-refractivity contribution in [1.82, 2.24) is 14.2 Å². The number of aromatic nitrogens is 1. The Labute approximate surface area is 176 Å². The van der Waals surface area contributed by atoms with Crippen LogP contribution < -0.4 is 5.32 Å². The lowest BCUT2D eigenvalue weighted by Gasteiger charge is -2.31. The van der Waals surface area contributed by atoms with Crippen LogP contribution >= 0.6 is 0 Å². The summed E-state index contributed by atoms with van der Waals surface area (Å²) < 4.78 is 27.5. The molecule has 1 aliphatic rings. The van der Waals surface area contributed by atoms with E-state index < -0.39 is 10.0 Å². The summed E-state index contributed by atoms with van der Waals surface area (Å²) in [5.74, 6) is -0.308. The highest BCUT2D eigenvalue weighted by Gasteiger charge is 2.27. The minimum atomic E-state index is -3.59. The number of aromatic amines is 1. The summed E-state index contributed by atoms with van der Waals surface area (Å²) in [6.45, 7) is 6.35. The van der Waals surface area contributed by atoms with Crippen molar-refractivity contribution in [3.8, 4) is 0 Å². The number of hydrogen-bond acceptors (Lipinski definition) is 4. The Morgan fingerprint density at radius 3 is 2.50 bits per heavy atom. The third-order valence-electron chi connectivity index (χ3n) is 5.53. The molecule has 7 nitrogen and oxygen atoms in total. The maximum absolute atomic E-state index is 13.0. The van der Waals surface area contributed by atoms with Crippen LogP contribution in [0.2, 0.25) is 0 Å². The lowest BCUT2D eigenvalue weighted by molar-refractivity contribution is 0.102. The molecule has 0 atom stereocenters. The Hall–Kier alpha value is -2.68. The van der Waals surface area contributed by atoms with Crippen LogP contribution in [-0.4, -0.2) is 61.7 Å². The van der Waals surface area contributed by atoms with E-state index in [-0.39, 0.29) is 10.8 Å². The van der Waals surface area contributed by atoms with Crippen LogP contribution in [0, 0.1) is 13.8 Å². The molecule has 0 radical (unpaired) electrons. The van der Waals surface area contributed by atoms with Gasteiger partial charge in [0.1, 0.15) is 5.69 Å². The molecule has 0 saturated carbocycles. The van der Waals surface area contributed by atoms with Gasteiger partial charge in [0.15, 0.2) is 0 Å². The van der Waals surface area contributed by atoms with Crippen molar-refractivity contribution >= 4 is 32.5 Å². The Kier molecular flexibility index (Phi) is 5.40. The molecule has 0 aliphatic carbocycles. The molecule has 1 saturated heterocycles. The summed E-state index contributed by atoms with van der Waals surface area (Å²) in [5, 5.41) is 3.81. The molecule has 0 spiro atoms. The molecule has 158 valence electrons. The number of piperazine rings is 1. The lowest BCUT2D eigenvalue weighted by Crippen LogP contribution is -2.47. The van der Waals surface area contributed by atoms with Crippen LogP contribution in [0.4, 0.5) is 5.69 Å². The molecule has 0 bridgehead atoms. The van der Waals surface area contributed by atoms with Crippen LogP contribution in [0.1, 0.15) is 21.6 Å². The normalized spacial score (nSPS) is 16.1. The number of fused-ring (bicyclic) bond motifs is 1. The zero-order valence-electron chi connectivity index (χ0n) is 17.4. The molecule has 8 heteroatoms. The van der Waals surface area contributed by atoms with Gasteiger partial charge in [0.25, 0.3) is 5.91 Å². The summed E-state index contributed by atoms with van der Waals surface area (Å²) in [6, 6.07) is 12.3. The monoisotopic (exact) mass is 426 g/mol. The van der Waals surface area contributed by atoms with Gasteiger partial charge in [-0.1, -0.05) is 12.1 Å². The second-order valence-corrected chi connectivity index (χ2v) is 9.85.